The number of nitrogens with zero attached hydrogens (tertiary/aromatic N) is 3. The number of piperidine rings is 1. The first-order valence-electron chi connectivity index (χ1n) is 7.79. The average Bonchev–Trinajstić information content (AvgIpc) is 2.29. The molecule has 2 atom stereocenters. The summed E-state index contributed by atoms with van der Waals surface area (Å²) in [6.45, 7) is 15.0. The molecule has 2 fully saturated rings. The second-order valence-electron chi connectivity index (χ2n) is 7.40. The summed E-state index contributed by atoms with van der Waals surface area (Å²) >= 11 is 0. The van der Waals surface area contributed by atoms with Crippen molar-refractivity contribution in [2.75, 3.05) is 52.9 Å². The van der Waals surface area contributed by atoms with Crippen LogP contribution < -0.4 is 5.73 Å². The van der Waals surface area contributed by atoms with E-state index < -0.39 is 0 Å². The second kappa shape index (κ2) is 7.41. The number of hydrogen-bond acceptors (Lipinski definition) is 4. The largest absolute Gasteiger partial charge is 0.324 e. The Labute approximate surface area is 131 Å². The predicted octanol–water partition coefficient (Wildman–Crippen LogP) is 1.10. The summed E-state index contributed by atoms with van der Waals surface area (Å²) in [6, 6.07) is 0.783. The Morgan fingerprint density at radius 3 is 2.20 bits per heavy atom. The van der Waals surface area contributed by atoms with Gasteiger partial charge in [-0.25, -0.2) is 0 Å². The van der Waals surface area contributed by atoms with Crippen LogP contribution >= 0.6 is 12.4 Å². The molecular formula is C15H33ClN4. The summed E-state index contributed by atoms with van der Waals surface area (Å²) in [5.74, 6) is 0.763. The maximum Gasteiger partial charge on any atom is 0.0226 e. The molecule has 0 aromatic heterocycles. The molecule has 20 heavy (non-hydrogen) atoms. The van der Waals surface area contributed by atoms with E-state index in [-0.39, 0.29) is 17.9 Å². The molecule has 0 aromatic rings. The SMILES string of the molecule is CC1CN(CC(C)(C)N)CCC1N1CCN(C)CC1.Cl. The standard InChI is InChI=1S/C15H32N4.ClH/c1-13-11-18(12-15(2,3)16)6-5-14(13)19-9-7-17(4)8-10-19;/h13-14H,5-12,16H2,1-4H3;1H. The van der Waals surface area contributed by atoms with Crippen molar-refractivity contribution < 1.29 is 0 Å². The summed E-state index contributed by atoms with van der Waals surface area (Å²) in [4.78, 5) is 7.71. The van der Waals surface area contributed by atoms with Crippen LogP contribution in [0.2, 0.25) is 0 Å². The van der Waals surface area contributed by atoms with Crippen molar-refractivity contribution in [1.82, 2.24) is 14.7 Å². The van der Waals surface area contributed by atoms with Gasteiger partial charge in [-0.2, -0.15) is 0 Å². The number of likely N-dealkylation sites (N-methyl/N-ethyl adjacent to an activating group) is 1. The molecule has 0 spiro atoms. The molecule has 0 aliphatic carbocycles. The van der Waals surface area contributed by atoms with E-state index in [0.717, 1.165) is 18.5 Å². The number of halogens is 1. The molecule has 2 aliphatic rings. The molecule has 2 N–H and O–H groups in total. The molecule has 0 bridgehead atoms. The maximum absolute atomic E-state index is 6.15. The highest BCUT2D eigenvalue weighted by Crippen LogP contribution is 2.23. The Hall–Kier alpha value is 0.130. The van der Waals surface area contributed by atoms with Gasteiger partial charge in [0.25, 0.3) is 0 Å². The third kappa shape index (κ3) is 5.15. The molecule has 4 nitrogen and oxygen atoms in total. The quantitative estimate of drug-likeness (QED) is 0.847. The van der Waals surface area contributed by atoms with Crippen LogP contribution in [0.1, 0.15) is 27.2 Å². The number of likely N-dealkylation sites (tertiary alicyclic amines) is 1. The van der Waals surface area contributed by atoms with Gasteiger partial charge in [0.2, 0.25) is 0 Å². The fourth-order valence-corrected chi connectivity index (χ4v) is 3.64. The van der Waals surface area contributed by atoms with E-state index in [1.807, 2.05) is 0 Å². The van der Waals surface area contributed by atoms with Crippen molar-refractivity contribution in [3.8, 4) is 0 Å². The van der Waals surface area contributed by atoms with Crippen molar-refractivity contribution in [1.29, 1.82) is 0 Å². The molecule has 0 aromatic carbocycles. The fraction of sp³-hybridized carbons (Fsp3) is 1.00. The van der Waals surface area contributed by atoms with Gasteiger partial charge in [0, 0.05) is 50.8 Å². The second-order valence-corrected chi connectivity index (χ2v) is 7.40. The van der Waals surface area contributed by atoms with Crippen molar-refractivity contribution in [3.05, 3.63) is 0 Å². The molecule has 2 unspecified atom stereocenters. The first kappa shape index (κ1) is 18.2. The maximum atomic E-state index is 6.15. The van der Waals surface area contributed by atoms with Gasteiger partial charge < -0.3 is 15.5 Å². The minimum atomic E-state index is -0.0691. The number of rotatable bonds is 3. The molecule has 0 radical (unpaired) electrons. The molecule has 120 valence electrons. The zero-order valence-electron chi connectivity index (χ0n) is 13.6. The average molecular weight is 305 g/mol. The smallest absolute Gasteiger partial charge is 0.0226 e. The first-order valence-corrected chi connectivity index (χ1v) is 7.79. The van der Waals surface area contributed by atoms with Gasteiger partial charge in [-0.1, -0.05) is 6.92 Å². The molecule has 0 amide bonds. The summed E-state index contributed by atoms with van der Waals surface area (Å²) < 4.78 is 0. The lowest BCUT2D eigenvalue weighted by atomic mass is 9.90. The Morgan fingerprint density at radius 2 is 1.70 bits per heavy atom. The summed E-state index contributed by atoms with van der Waals surface area (Å²) in [5.41, 5.74) is 6.08. The lowest BCUT2D eigenvalue weighted by Gasteiger charge is -2.46. The first-order chi connectivity index (χ1) is 8.85. The van der Waals surface area contributed by atoms with E-state index in [0.29, 0.717) is 0 Å². The minimum absolute atomic E-state index is 0. The van der Waals surface area contributed by atoms with Crippen molar-refractivity contribution in [2.45, 2.75) is 38.8 Å². The Balaban J connectivity index is 0.00000200. The van der Waals surface area contributed by atoms with Gasteiger partial charge in [-0.3, -0.25) is 4.90 Å². The minimum Gasteiger partial charge on any atom is -0.324 e. The van der Waals surface area contributed by atoms with Crippen LogP contribution in [0.3, 0.4) is 0 Å². The Kier molecular flexibility index (Phi) is 6.74. The third-order valence-electron chi connectivity index (χ3n) is 4.58. The lowest BCUT2D eigenvalue weighted by molar-refractivity contribution is 0.0300. The summed E-state index contributed by atoms with van der Waals surface area (Å²) in [7, 11) is 2.23. The van der Waals surface area contributed by atoms with E-state index in [2.05, 4.69) is 42.5 Å². The molecule has 0 saturated carbocycles. The van der Waals surface area contributed by atoms with Crippen LogP contribution in [0, 0.1) is 5.92 Å². The highest BCUT2D eigenvalue weighted by atomic mass is 35.5. The van der Waals surface area contributed by atoms with Crippen LogP contribution in [0.5, 0.6) is 0 Å². The van der Waals surface area contributed by atoms with Gasteiger partial charge in [0.15, 0.2) is 0 Å². The predicted molar refractivity (Wildman–Crippen MR) is 88.6 cm³/mol. The van der Waals surface area contributed by atoms with Crippen LogP contribution in [-0.2, 0) is 0 Å². The summed E-state index contributed by atoms with van der Waals surface area (Å²) in [6.07, 6.45) is 1.31. The zero-order chi connectivity index (χ0) is 14.0. The van der Waals surface area contributed by atoms with Crippen molar-refractivity contribution in [2.24, 2.45) is 11.7 Å². The topological polar surface area (TPSA) is 35.7 Å². The normalized spacial score (nSPS) is 31.1. The van der Waals surface area contributed by atoms with Gasteiger partial charge in [-0.05, 0) is 39.8 Å². The Morgan fingerprint density at radius 1 is 1.10 bits per heavy atom. The molecule has 5 heteroatoms. The molecule has 2 aliphatic heterocycles. The zero-order valence-corrected chi connectivity index (χ0v) is 14.5. The molecule has 2 saturated heterocycles. The third-order valence-corrected chi connectivity index (χ3v) is 4.58. The Bertz CT molecular complexity index is 284. The van der Waals surface area contributed by atoms with Crippen molar-refractivity contribution in [3.63, 3.8) is 0 Å². The molecule has 2 heterocycles. The van der Waals surface area contributed by atoms with E-state index in [9.17, 15) is 0 Å². The number of hydrogen-bond donors (Lipinski definition) is 1. The molecule has 2 rings (SSSR count). The van der Waals surface area contributed by atoms with Crippen LogP contribution in [0.25, 0.3) is 0 Å². The number of piperazine rings is 1. The van der Waals surface area contributed by atoms with E-state index in [1.54, 1.807) is 0 Å². The van der Waals surface area contributed by atoms with Gasteiger partial charge in [0.1, 0.15) is 0 Å². The van der Waals surface area contributed by atoms with Crippen LogP contribution in [0.4, 0.5) is 0 Å². The van der Waals surface area contributed by atoms with Crippen molar-refractivity contribution >= 4 is 12.4 Å². The number of nitrogens with two attached hydrogens (primary N) is 1. The van der Waals surface area contributed by atoms with E-state index >= 15 is 0 Å². The fourth-order valence-electron chi connectivity index (χ4n) is 3.64. The molecular weight excluding hydrogens is 272 g/mol. The van der Waals surface area contributed by atoms with E-state index in [4.69, 9.17) is 5.73 Å². The van der Waals surface area contributed by atoms with Gasteiger partial charge >= 0.3 is 0 Å². The van der Waals surface area contributed by atoms with Gasteiger partial charge in [-0.15, -0.1) is 12.4 Å². The lowest BCUT2D eigenvalue weighted by Crippen LogP contribution is -2.57. The highest BCUT2D eigenvalue weighted by molar-refractivity contribution is 5.85. The van der Waals surface area contributed by atoms with E-state index in [1.165, 1.54) is 45.7 Å². The summed E-state index contributed by atoms with van der Waals surface area (Å²) in [5, 5.41) is 0. The van der Waals surface area contributed by atoms with Crippen LogP contribution in [-0.4, -0.2) is 79.1 Å². The highest BCUT2D eigenvalue weighted by Gasteiger charge is 2.32. The van der Waals surface area contributed by atoms with Gasteiger partial charge in [0.05, 0.1) is 0 Å². The van der Waals surface area contributed by atoms with Crippen LogP contribution in [0.15, 0.2) is 0 Å². The monoisotopic (exact) mass is 304 g/mol.